The average molecular weight is 285 g/mol. The van der Waals surface area contributed by atoms with Crippen molar-refractivity contribution in [3.05, 3.63) is 57.8 Å². The van der Waals surface area contributed by atoms with E-state index in [1.807, 2.05) is 0 Å². The Morgan fingerprint density at radius 2 is 1.78 bits per heavy atom. The van der Waals surface area contributed by atoms with E-state index in [1.54, 1.807) is 0 Å². The van der Waals surface area contributed by atoms with E-state index in [4.69, 9.17) is 27.9 Å². The monoisotopic (exact) mass is 284 g/mol. The summed E-state index contributed by atoms with van der Waals surface area (Å²) < 4.78 is 18.2. The Morgan fingerprint density at radius 1 is 1.11 bits per heavy atom. The highest BCUT2D eigenvalue weighted by molar-refractivity contribution is 6.36. The van der Waals surface area contributed by atoms with Crippen molar-refractivity contribution < 1.29 is 13.9 Å². The van der Waals surface area contributed by atoms with Crippen LogP contribution in [0.1, 0.15) is 10.4 Å². The molecule has 0 amide bonds. The van der Waals surface area contributed by atoms with Gasteiger partial charge in [-0.15, -0.1) is 0 Å². The summed E-state index contributed by atoms with van der Waals surface area (Å²) in [5.74, 6) is 0.244. The van der Waals surface area contributed by atoms with Gasteiger partial charge in [-0.2, -0.15) is 0 Å². The molecule has 0 unspecified atom stereocenters. The first-order valence-electron chi connectivity index (χ1n) is 4.98. The Morgan fingerprint density at radius 3 is 2.39 bits per heavy atom. The lowest BCUT2D eigenvalue weighted by Crippen LogP contribution is -1.92. The topological polar surface area (TPSA) is 26.3 Å². The van der Waals surface area contributed by atoms with Crippen molar-refractivity contribution in [1.29, 1.82) is 0 Å². The largest absolute Gasteiger partial charge is 0.457 e. The van der Waals surface area contributed by atoms with E-state index in [0.29, 0.717) is 17.1 Å². The van der Waals surface area contributed by atoms with Crippen LogP contribution in [0.25, 0.3) is 0 Å². The van der Waals surface area contributed by atoms with Crippen molar-refractivity contribution in [2.45, 2.75) is 0 Å². The number of carbonyl (C=O) groups excluding carboxylic acids is 1. The van der Waals surface area contributed by atoms with E-state index >= 15 is 0 Å². The molecule has 0 spiro atoms. The highest BCUT2D eigenvalue weighted by Crippen LogP contribution is 2.32. The molecule has 0 aliphatic rings. The first kappa shape index (κ1) is 12.9. The van der Waals surface area contributed by atoms with Crippen LogP contribution in [0, 0.1) is 5.82 Å². The van der Waals surface area contributed by atoms with Crippen LogP contribution in [-0.4, -0.2) is 6.29 Å². The Kier molecular flexibility index (Phi) is 3.84. The Hall–Kier alpha value is -1.58. The van der Waals surface area contributed by atoms with Crippen molar-refractivity contribution in [2.24, 2.45) is 0 Å². The van der Waals surface area contributed by atoms with Crippen LogP contribution in [0.15, 0.2) is 36.4 Å². The zero-order valence-electron chi connectivity index (χ0n) is 8.99. The number of halogens is 3. The van der Waals surface area contributed by atoms with Crippen LogP contribution in [0.5, 0.6) is 11.5 Å². The van der Waals surface area contributed by atoms with Crippen molar-refractivity contribution in [1.82, 2.24) is 0 Å². The van der Waals surface area contributed by atoms with Gasteiger partial charge in [0.15, 0.2) is 6.29 Å². The summed E-state index contributed by atoms with van der Waals surface area (Å²) in [6.45, 7) is 0. The molecule has 2 nitrogen and oxygen atoms in total. The molecule has 0 N–H and O–H groups in total. The standard InChI is InChI=1S/C13H7Cl2FO2/c14-8-5-12(15)11(7-17)13(6-8)18-10-3-1-9(16)2-4-10/h1-7H. The zero-order chi connectivity index (χ0) is 13.1. The fourth-order valence-corrected chi connectivity index (χ4v) is 1.91. The van der Waals surface area contributed by atoms with Gasteiger partial charge in [0, 0.05) is 11.1 Å². The van der Waals surface area contributed by atoms with Gasteiger partial charge in [-0.05, 0) is 30.3 Å². The molecule has 0 heterocycles. The number of benzene rings is 2. The maximum Gasteiger partial charge on any atom is 0.155 e. The van der Waals surface area contributed by atoms with Crippen LogP contribution in [0.4, 0.5) is 4.39 Å². The number of rotatable bonds is 3. The first-order chi connectivity index (χ1) is 8.60. The molecule has 2 aromatic rings. The quantitative estimate of drug-likeness (QED) is 0.761. The van der Waals surface area contributed by atoms with Gasteiger partial charge in [0.05, 0.1) is 10.6 Å². The van der Waals surface area contributed by atoms with Crippen molar-refractivity contribution in [2.75, 3.05) is 0 Å². The lowest BCUT2D eigenvalue weighted by atomic mass is 10.2. The summed E-state index contributed by atoms with van der Waals surface area (Å²) in [6, 6.07) is 8.31. The minimum Gasteiger partial charge on any atom is -0.457 e. The molecular formula is C13H7Cl2FO2. The summed E-state index contributed by atoms with van der Waals surface area (Å²) in [4.78, 5) is 10.9. The lowest BCUT2D eigenvalue weighted by Gasteiger charge is -2.09. The average Bonchev–Trinajstić information content (AvgIpc) is 2.32. The molecule has 0 radical (unpaired) electrons. The van der Waals surface area contributed by atoms with Crippen LogP contribution in [0.2, 0.25) is 10.0 Å². The summed E-state index contributed by atoms with van der Waals surface area (Å²) in [5.41, 5.74) is 0.199. The highest BCUT2D eigenvalue weighted by Gasteiger charge is 2.10. The molecule has 0 fully saturated rings. The van der Waals surface area contributed by atoms with Crippen LogP contribution in [0.3, 0.4) is 0 Å². The second-order valence-electron chi connectivity index (χ2n) is 3.47. The number of hydrogen-bond acceptors (Lipinski definition) is 2. The molecule has 0 aliphatic heterocycles. The maximum absolute atomic E-state index is 12.7. The maximum atomic E-state index is 12.7. The number of hydrogen-bond donors (Lipinski definition) is 0. The van der Waals surface area contributed by atoms with Crippen LogP contribution < -0.4 is 4.74 Å². The smallest absolute Gasteiger partial charge is 0.155 e. The number of ether oxygens (including phenoxy) is 1. The lowest BCUT2D eigenvalue weighted by molar-refractivity contribution is 0.112. The molecule has 18 heavy (non-hydrogen) atoms. The van der Waals surface area contributed by atoms with Gasteiger partial charge in [-0.25, -0.2) is 4.39 Å². The Labute approximate surface area is 113 Å². The van der Waals surface area contributed by atoms with Crippen LogP contribution >= 0.6 is 23.2 Å². The number of aldehydes is 1. The third kappa shape index (κ3) is 2.81. The predicted octanol–water partition coefficient (Wildman–Crippen LogP) is 4.74. The summed E-state index contributed by atoms with van der Waals surface area (Å²) in [7, 11) is 0. The van der Waals surface area contributed by atoms with Crippen LogP contribution in [-0.2, 0) is 0 Å². The second kappa shape index (κ2) is 5.38. The van der Waals surface area contributed by atoms with Gasteiger partial charge in [-0.1, -0.05) is 23.2 Å². The molecule has 2 rings (SSSR count). The van der Waals surface area contributed by atoms with E-state index in [9.17, 15) is 9.18 Å². The fraction of sp³-hybridized carbons (Fsp3) is 0. The molecule has 0 saturated heterocycles. The summed E-state index contributed by atoms with van der Waals surface area (Å²) in [5, 5.41) is 0.553. The van der Waals surface area contributed by atoms with Gasteiger partial charge in [0.2, 0.25) is 0 Å². The second-order valence-corrected chi connectivity index (χ2v) is 4.32. The fourth-order valence-electron chi connectivity index (χ4n) is 1.39. The normalized spacial score (nSPS) is 10.2. The molecule has 0 atom stereocenters. The van der Waals surface area contributed by atoms with E-state index in [-0.39, 0.29) is 22.2 Å². The Bertz CT molecular complexity index is 582. The molecule has 0 aromatic heterocycles. The molecule has 0 saturated carbocycles. The van der Waals surface area contributed by atoms with Crippen molar-refractivity contribution >= 4 is 29.5 Å². The molecule has 0 bridgehead atoms. The third-order valence-electron chi connectivity index (χ3n) is 2.22. The molecule has 5 heteroatoms. The van der Waals surface area contributed by atoms with Gasteiger partial charge >= 0.3 is 0 Å². The van der Waals surface area contributed by atoms with Gasteiger partial charge < -0.3 is 4.74 Å². The SMILES string of the molecule is O=Cc1c(Cl)cc(Cl)cc1Oc1ccc(F)cc1. The Balaban J connectivity index is 2.39. The van der Waals surface area contributed by atoms with Gasteiger partial charge in [-0.3, -0.25) is 4.79 Å². The third-order valence-corrected chi connectivity index (χ3v) is 2.75. The predicted molar refractivity (Wildman–Crippen MR) is 68.3 cm³/mol. The van der Waals surface area contributed by atoms with Crippen molar-refractivity contribution in [3.8, 4) is 11.5 Å². The van der Waals surface area contributed by atoms with E-state index in [0.717, 1.165) is 0 Å². The molecule has 0 aliphatic carbocycles. The van der Waals surface area contributed by atoms with E-state index in [1.165, 1.54) is 36.4 Å². The first-order valence-corrected chi connectivity index (χ1v) is 5.73. The highest BCUT2D eigenvalue weighted by atomic mass is 35.5. The van der Waals surface area contributed by atoms with Crippen molar-refractivity contribution in [3.63, 3.8) is 0 Å². The van der Waals surface area contributed by atoms with Gasteiger partial charge in [0.1, 0.15) is 17.3 Å². The van der Waals surface area contributed by atoms with Gasteiger partial charge in [0.25, 0.3) is 0 Å². The molecule has 2 aromatic carbocycles. The number of carbonyl (C=O) groups is 1. The molecular weight excluding hydrogens is 278 g/mol. The van der Waals surface area contributed by atoms with E-state index < -0.39 is 0 Å². The van der Waals surface area contributed by atoms with E-state index in [2.05, 4.69) is 0 Å². The minimum absolute atomic E-state index is 0.199. The summed E-state index contributed by atoms with van der Waals surface area (Å²) in [6.07, 6.45) is 0.581. The zero-order valence-corrected chi connectivity index (χ0v) is 10.5. The minimum atomic E-state index is -0.373. The summed E-state index contributed by atoms with van der Waals surface area (Å²) >= 11 is 11.7. The molecule has 92 valence electrons.